The molecule has 3 rings (SSSR count). The molecule has 8 nitrogen and oxygen atoms in total. The smallest absolute Gasteiger partial charge is 0.427 e. The predicted octanol–water partition coefficient (Wildman–Crippen LogP) is 2.99. The maximum atomic E-state index is 14.5. The van der Waals surface area contributed by atoms with Crippen molar-refractivity contribution in [2.75, 3.05) is 31.0 Å². The highest BCUT2D eigenvalue weighted by Crippen LogP contribution is 2.33. The molecule has 4 N–H and O–H groups in total. The molecule has 1 aromatic heterocycles. The van der Waals surface area contributed by atoms with Gasteiger partial charge >= 0.3 is 6.18 Å². The normalized spacial score (nSPS) is 22.9. The fourth-order valence-corrected chi connectivity index (χ4v) is 5.83. The summed E-state index contributed by atoms with van der Waals surface area (Å²) in [6.07, 6.45) is -6.41. The number of nitrogens with two attached hydrogens (primary N) is 1. The van der Waals surface area contributed by atoms with Gasteiger partial charge in [0, 0.05) is 60.2 Å². The molecule has 0 radical (unpaired) electrons. The van der Waals surface area contributed by atoms with Gasteiger partial charge in [-0.1, -0.05) is 0 Å². The first-order valence-electron chi connectivity index (χ1n) is 12.1. The minimum absolute atomic E-state index is 0.00929. The lowest BCUT2D eigenvalue weighted by atomic mass is 9.91. The second kappa shape index (κ2) is 13.0. The van der Waals surface area contributed by atoms with E-state index in [-0.39, 0.29) is 36.1 Å². The van der Waals surface area contributed by atoms with Gasteiger partial charge in [0.1, 0.15) is 23.0 Å². The van der Waals surface area contributed by atoms with Gasteiger partial charge in [-0.3, -0.25) is 9.19 Å². The molecule has 5 atom stereocenters. The molecular weight excluding hydrogens is 530 g/mol. The Hall–Kier alpha value is -2.48. The lowest BCUT2D eigenvalue weighted by Crippen LogP contribution is -2.53. The van der Waals surface area contributed by atoms with Gasteiger partial charge in [0.05, 0.1) is 24.5 Å². The van der Waals surface area contributed by atoms with Gasteiger partial charge in [-0.05, 0) is 44.0 Å². The number of aliphatic hydroxyl groups is 1. The second-order valence-corrected chi connectivity index (χ2v) is 11.0. The summed E-state index contributed by atoms with van der Waals surface area (Å²) < 4.78 is 82.2. The molecule has 0 spiro atoms. The van der Waals surface area contributed by atoms with Crippen LogP contribution < -0.4 is 20.5 Å². The van der Waals surface area contributed by atoms with Crippen molar-refractivity contribution in [3.63, 3.8) is 0 Å². The number of benzene rings is 1. The van der Waals surface area contributed by atoms with E-state index in [4.69, 9.17) is 15.2 Å². The van der Waals surface area contributed by atoms with E-state index >= 15 is 0 Å². The molecule has 1 saturated heterocycles. The number of nitrogens with one attached hydrogen (secondary N) is 1. The SMILES string of the molecule is COC[C@@H](Oc1cc(C[C@@H]2CS(=O)C[C@H](NCc3cc(OC(C)C)ccn3)[C@H]2O)cc(F)c1N)C(F)(F)F. The maximum Gasteiger partial charge on any atom is 0.427 e. The zero-order chi connectivity index (χ0) is 28.0. The van der Waals surface area contributed by atoms with Crippen LogP contribution >= 0.6 is 0 Å². The molecule has 0 amide bonds. The van der Waals surface area contributed by atoms with Gasteiger partial charge < -0.3 is 30.4 Å². The Morgan fingerprint density at radius 2 is 1.97 bits per heavy atom. The van der Waals surface area contributed by atoms with Gasteiger partial charge in [-0.25, -0.2) is 4.39 Å². The number of hydrogen-bond donors (Lipinski definition) is 3. The number of pyridine rings is 1. The number of alkyl halides is 3. The van der Waals surface area contributed by atoms with E-state index in [2.05, 4.69) is 15.0 Å². The third-order valence-corrected chi connectivity index (χ3v) is 7.50. The van der Waals surface area contributed by atoms with E-state index in [0.717, 1.165) is 13.2 Å². The summed E-state index contributed by atoms with van der Waals surface area (Å²) in [5, 5.41) is 14.2. The largest absolute Gasteiger partial charge is 0.491 e. The fourth-order valence-electron chi connectivity index (χ4n) is 4.19. The fraction of sp³-hybridized carbons (Fsp3) is 0.560. The van der Waals surface area contributed by atoms with Crippen LogP contribution in [0.1, 0.15) is 25.1 Å². The van der Waals surface area contributed by atoms with E-state index in [1.807, 2.05) is 13.8 Å². The van der Waals surface area contributed by atoms with Gasteiger partial charge in [-0.2, -0.15) is 13.2 Å². The summed E-state index contributed by atoms with van der Waals surface area (Å²) in [7, 11) is -0.199. The highest BCUT2D eigenvalue weighted by atomic mass is 32.2. The number of nitrogen functional groups attached to an aromatic ring is 1. The van der Waals surface area contributed by atoms with E-state index < -0.39 is 65.0 Å². The summed E-state index contributed by atoms with van der Waals surface area (Å²) in [6.45, 7) is 3.29. The zero-order valence-corrected chi connectivity index (χ0v) is 22.2. The van der Waals surface area contributed by atoms with Crippen molar-refractivity contribution in [1.29, 1.82) is 0 Å². The summed E-state index contributed by atoms with van der Waals surface area (Å²) in [5.41, 5.74) is 6.00. The lowest BCUT2D eigenvalue weighted by Gasteiger charge is -2.35. The minimum atomic E-state index is -4.76. The van der Waals surface area contributed by atoms with E-state index in [1.165, 1.54) is 6.07 Å². The maximum absolute atomic E-state index is 14.5. The molecule has 2 heterocycles. The van der Waals surface area contributed by atoms with Gasteiger partial charge in [-0.15, -0.1) is 0 Å². The molecular formula is C25H33F4N3O5S. The highest BCUT2D eigenvalue weighted by Gasteiger charge is 2.42. The third-order valence-electron chi connectivity index (χ3n) is 5.97. The number of hydrogen-bond acceptors (Lipinski definition) is 8. The number of nitrogens with zero attached hydrogens (tertiary/aromatic N) is 1. The molecule has 1 fully saturated rings. The van der Waals surface area contributed by atoms with Crippen molar-refractivity contribution >= 4 is 16.5 Å². The van der Waals surface area contributed by atoms with Crippen LogP contribution in [0.3, 0.4) is 0 Å². The Bertz CT molecular complexity index is 1110. The van der Waals surface area contributed by atoms with Crippen molar-refractivity contribution in [1.82, 2.24) is 10.3 Å². The zero-order valence-electron chi connectivity index (χ0n) is 21.3. The molecule has 2 aromatic rings. The van der Waals surface area contributed by atoms with Gasteiger partial charge in [0.15, 0.2) is 0 Å². The van der Waals surface area contributed by atoms with Crippen molar-refractivity contribution in [3.8, 4) is 11.5 Å². The minimum Gasteiger partial charge on any atom is -0.491 e. The summed E-state index contributed by atoms with van der Waals surface area (Å²) >= 11 is 0. The second-order valence-electron chi connectivity index (χ2n) is 9.46. The van der Waals surface area contributed by atoms with Crippen LogP contribution in [0.25, 0.3) is 0 Å². The van der Waals surface area contributed by atoms with Crippen LogP contribution in [-0.2, 0) is 28.5 Å². The third kappa shape index (κ3) is 8.26. The number of aliphatic hydroxyl groups excluding tert-OH is 1. The summed E-state index contributed by atoms with van der Waals surface area (Å²) in [5.74, 6) is -0.986. The number of halogens is 4. The lowest BCUT2D eigenvalue weighted by molar-refractivity contribution is -0.206. The van der Waals surface area contributed by atoms with Crippen LogP contribution in [0.4, 0.5) is 23.2 Å². The Labute approximate surface area is 221 Å². The topological polar surface area (TPSA) is 116 Å². The number of anilines is 1. The molecule has 0 bridgehead atoms. The molecule has 0 aliphatic carbocycles. The number of methoxy groups -OCH3 is 1. The van der Waals surface area contributed by atoms with Crippen LogP contribution in [-0.4, -0.2) is 70.1 Å². The number of ether oxygens (including phenoxy) is 3. The first-order chi connectivity index (χ1) is 17.9. The highest BCUT2D eigenvalue weighted by molar-refractivity contribution is 7.85. The van der Waals surface area contributed by atoms with Crippen molar-refractivity contribution in [2.45, 2.75) is 57.3 Å². The van der Waals surface area contributed by atoms with E-state index in [0.29, 0.717) is 11.4 Å². The van der Waals surface area contributed by atoms with E-state index in [9.17, 15) is 26.9 Å². The molecule has 0 saturated carbocycles. The predicted molar refractivity (Wildman–Crippen MR) is 135 cm³/mol. The number of rotatable bonds is 11. The molecule has 212 valence electrons. The standard InChI is InChI=1S/C25H33F4N3O5S/c1-14(2)36-18-4-5-31-17(9-18)10-32-20-13-38(34)12-16(24(20)33)6-15-7-19(26)23(30)21(8-15)37-22(11-35-3)25(27,28)29/h4-5,7-9,14,16,20,22,24,32-33H,6,10-13,30H2,1-3H3/t16-,20+,22-,24+,38?/m1/s1. The first-order valence-corrected chi connectivity index (χ1v) is 13.5. The Kier molecular flexibility index (Phi) is 10.3. The summed E-state index contributed by atoms with van der Waals surface area (Å²) in [4.78, 5) is 4.29. The van der Waals surface area contributed by atoms with Gasteiger partial charge in [0.2, 0.25) is 6.10 Å². The number of aromatic nitrogens is 1. The van der Waals surface area contributed by atoms with Crippen LogP contribution in [0.2, 0.25) is 0 Å². The molecule has 1 unspecified atom stereocenters. The monoisotopic (exact) mass is 563 g/mol. The molecule has 1 aliphatic rings. The Balaban J connectivity index is 1.72. The molecule has 1 aromatic carbocycles. The average molecular weight is 564 g/mol. The average Bonchev–Trinajstić information content (AvgIpc) is 2.82. The molecule has 13 heteroatoms. The van der Waals surface area contributed by atoms with Crippen molar-refractivity contribution < 1.29 is 41.1 Å². The van der Waals surface area contributed by atoms with Crippen LogP contribution in [0, 0.1) is 11.7 Å². The van der Waals surface area contributed by atoms with Crippen molar-refractivity contribution in [3.05, 3.63) is 47.5 Å². The Morgan fingerprint density at radius 1 is 1.24 bits per heavy atom. The summed E-state index contributed by atoms with van der Waals surface area (Å²) in [6, 6.07) is 5.26. The molecule has 1 aliphatic heterocycles. The van der Waals surface area contributed by atoms with Crippen LogP contribution in [0.5, 0.6) is 11.5 Å². The first kappa shape index (κ1) is 30.1. The van der Waals surface area contributed by atoms with Gasteiger partial charge in [0.25, 0.3) is 0 Å². The van der Waals surface area contributed by atoms with Crippen molar-refractivity contribution in [2.24, 2.45) is 5.92 Å². The Morgan fingerprint density at radius 3 is 2.63 bits per heavy atom. The molecule has 38 heavy (non-hydrogen) atoms. The van der Waals surface area contributed by atoms with Crippen LogP contribution in [0.15, 0.2) is 30.5 Å². The van der Waals surface area contributed by atoms with E-state index in [1.54, 1.807) is 18.3 Å². The quantitative estimate of drug-likeness (QED) is 0.282.